The van der Waals surface area contributed by atoms with Crippen molar-refractivity contribution < 1.29 is 4.74 Å². The van der Waals surface area contributed by atoms with Crippen LogP contribution < -0.4 is 10.2 Å². The summed E-state index contributed by atoms with van der Waals surface area (Å²) in [6, 6.07) is 15.4. The summed E-state index contributed by atoms with van der Waals surface area (Å²) in [4.78, 5) is 0. The van der Waals surface area contributed by atoms with E-state index in [0.29, 0.717) is 10.8 Å². The first kappa shape index (κ1) is 14.4. The van der Waals surface area contributed by atoms with Gasteiger partial charge in [0, 0.05) is 0 Å². The number of halogens is 1. The minimum absolute atomic E-state index is 0.103. The lowest BCUT2D eigenvalue weighted by Gasteiger charge is -2.11. The van der Waals surface area contributed by atoms with E-state index in [-0.39, 0.29) is 6.10 Å². The quantitative estimate of drug-likeness (QED) is 0.646. The molecule has 104 valence electrons. The van der Waals surface area contributed by atoms with E-state index >= 15 is 0 Å². The maximum absolute atomic E-state index is 6.16. The van der Waals surface area contributed by atoms with Crippen LogP contribution in [0.3, 0.4) is 0 Å². The molecule has 2 aromatic carbocycles. The Hall–Kier alpha value is -2.00. The Morgan fingerprint density at radius 2 is 1.90 bits per heavy atom. The fourth-order valence-electron chi connectivity index (χ4n) is 1.64. The van der Waals surface area contributed by atoms with Crippen LogP contribution in [0.15, 0.2) is 53.6 Å². The lowest BCUT2D eigenvalue weighted by molar-refractivity contribution is 0.242. The Kier molecular flexibility index (Phi) is 5.02. The van der Waals surface area contributed by atoms with E-state index in [2.05, 4.69) is 10.5 Å². The first-order valence-corrected chi connectivity index (χ1v) is 6.83. The van der Waals surface area contributed by atoms with Crippen molar-refractivity contribution in [2.24, 2.45) is 5.10 Å². The highest BCUT2D eigenvalue weighted by molar-refractivity contribution is 6.32. The van der Waals surface area contributed by atoms with Gasteiger partial charge in [-0.05, 0) is 49.7 Å². The molecule has 0 aromatic heterocycles. The molecule has 2 rings (SSSR count). The van der Waals surface area contributed by atoms with Crippen molar-refractivity contribution in [3.8, 4) is 5.75 Å². The topological polar surface area (TPSA) is 33.6 Å². The maximum atomic E-state index is 6.16. The van der Waals surface area contributed by atoms with Gasteiger partial charge < -0.3 is 4.74 Å². The number of hydrogen-bond acceptors (Lipinski definition) is 3. The average molecular weight is 289 g/mol. The van der Waals surface area contributed by atoms with Crippen LogP contribution in [0.25, 0.3) is 0 Å². The molecule has 4 heteroatoms. The fourth-order valence-corrected chi connectivity index (χ4v) is 1.87. The highest BCUT2D eigenvalue weighted by Crippen LogP contribution is 2.25. The number of hydrogen-bond donors (Lipinski definition) is 1. The molecule has 0 aliphatic carbocycles. The summed E-state index contributed by atoms with van der Waals surface area (Å²) in [6.07, 6.45) is 1.82. The van der Waals surface area contributed by atoms with Gasteiger partial charge in [-0.15, -0.1) is 0 Å². The molecule has 0 fully saturated rings. The van der Waals surface area contributed by atoms with Gasteiger partial charge >= 0.3 is 0 Å². The monoisotopic (exact) mass is 288 g/mol. The van der Waals surface area contributed by atoms with Gasteiger partial charge in [0.2, 0.25) is 0 Å². The zero-order valence-corrected chi connectivity index (χ0v) is 12.3. The lowest BCUT2D eigenvalue weighted by atomic mass is 10.2. The van der Waals surface area contributed by atoms with Crippen LogP contribution in [0.1, 0.15) is 19.4 Å². The summed E-state index contributed by atoms with van der Waals surface area (Å²) in [7, 11) is 0. The molecule has 2 aromatic rings. The molecule has 0 radical (unpaired) electrons. The number of anilines is 1. The van der Waals surface area contributed by atoms with Gasteiger partial charge in [0.05, 0.1) is 23.0 Å². The van der Waals surface area contributed by atoms with Crippen molar-refractivity contribution in [3.05, 3.63) is 59.1 Å². The van der Waals surface area contributed by atoms with Gasteiger partial charge in [-0.3, -0.25) is 5.43 Å². The highest BCUT2D eigenvalue weighted by atomic mass is 35.5. The van der Waals surface area contributed by atoms with Crippen molar-refractivity contribution in [2.75, 3.05) is 5.43 Å². The molecule has 0 saturated carbocycles. The number of hydrazone groups is 1. The number of para-hydroxylation sites is 1. The number of nitrogens with one attached hydrogen (secondary N) is 1. The lowest BCUT2D eigenvalue weighted by Crippen LogP contribution is -2.05. The molecule has 0 heterocycles. The Bertz CT molecular complexity index is 582. The minimum Gasteiger partial charge on any atom is -0.489 e. The van der Waals surface area contributed by atoms with Crippen LogP contribution >= 0.6 is 11.6 Å². The Labute approximate surface area is 124 Å². The number of rotatable bonds is 5. The van der Waals surface area contributed by atoms with Gasteiger partial charge in [-0.25, -0.2) is 0 Å². The third-order valence-corrected chi connectivity index (χ3v) is 2.80. The number of ether oxygens (including phenoxy) is 1. The van der Waals surface area contributed by atoms with Crippen LogP contribution in [0.4, 0.5) is 5.69 Å². The van der Waals surface area contributed by atoms with E-state index < -0.39 is 0 Å². The Morgan fingerprint density at radius 3 is 2.55 bits per heavy atom. The zero-order valence-electron chi connectivity index (χ0n) is 11.5. The summed E-state index contributed by atoms with van der Waals surface area (Å²) in [6.45, 7) is 3.94. The number of nitrogens with zero attached hydrogens (tertiary/aromatic N) is 1. The van der Waals surface area contributed by atoms with Crippen molar-refractivity contribution in [2.45, 2.75) is 20.0 Å². The molecule has 3 nitrogen and oxygen atoms in total. The molecule has 0 amide bonds. The Morgan fingerprint density at radius 1 is 1.15 bits per heavy atom. The Balaban J connectivity index is 2.01. The average Bonchev–Trinajstić information content (AvgIpc) is 2.43. The van der Waals surface area contributed by atoms with Gasteiger partial charge in [-0.2, -0.15) is 5.10 Å². The maximum Gasteiger partial charge on any atom is 0.138 e. The van der Waals surface area contributed by atoms with Crippen LogP contribution in [0.2, 0.25) is 5.02 Å². The van der Waals surface area contributed by atoms with Crippen LogP contribution in [0.5, 0.6) is 5.75 Å². The molecule has 20 heavy (non-hydrogen) atoms. The largest absolute Gasteiger partial charge is 0.489 e. The van der Waals surface area contributed by atoms with E-state index in [0.717, 1.165) is 11.3 Å². The van der Waals surface area contributed by atoms with Crippen LogP contribution in [-0.4, -0.2) is 12.3 Å². The molecule has 0 bridgehead atoms. The van der Waals surface area contributed by atoms with Crippen LogP contribution in [-0.2, 0) is 0 Å². The molecule has 1 N–H and O–H groups in total. The van der Waals surface area contributed by atoms with Crippen molar-refractivity contribution in [1.29, 1.82) is 0 Å². The molecule has 0 spiro atoms. The summed E-state index contributed by atoms with van der Waals surface area (Å²) in [5.74, 6) is 0.690. The summed E-state index contributed by atoms with van der Waals surface area (Å²) in [5, 5.41) is 4.75. The second-order valence-electron chi connectivity index (χ2n) is 4.59. The number of benzene rings is 2. The molecule has 0 unspecified atom stereocenters. The molecule has 0 atom stereocenters. The second-order valence-corrected chi connectivity index (χ2v) is 5.00. The summed E-state index contributed by atoms with van der Waals surface area (Å²) >= 11 is 6.16. The van der Waals surface area contributed by atoms with E-state index in [1.54, 1.807) is 6.21 Å². The summed E-state index contributed by atoms with van der Waals surface area (Å²) < 4.78 is 5.58. The molecule has 0 aliphatic rings. The predicted molar refractivity (Wildman–Crippen MR) is 84.9 cm³/mol. The summed E-state index contributed by atoms with van der Waals surface area (Å²) in [5.41, 5.74) is 4.81. The standard InChI is InChI=1S/C16H17ClN2O/c1-12(2)20-16-9-8-13(10-15(16)17)11-18-19-14-6-4-3-5-7-14/h3-12,19H,1-2H3/b18-11+. The first-order chi connectivity index (χ1) is 9.65. The predicted octanol–water partition coefficient (Wildman–Crippen LogP) is 4.57. The van der Waals surface area contributed by atoms with E-state index in [9.17, 15) is 0 Å². The highest BCUT2D eigenvalue weighted by Gasteiger charge is 2.03. The molecule has 0 saturated heterocycles. The van der Waals surface area contributed by atoms with Gasteiger partial charge in [0.25, 0.3) is 0 Å². The van der Waals surface area contributed by atoms with Gasteiger partial charge in [0.15, 0.2) is 0 Å². The van der Waals surface area contributed by atoms with E-state index in [1.165, 1.54) is 0 Å². The molecular formula is C16H17ClN2O. The van der Waals surface area contributed by atoms with Crippen molar-refractivity contribution in [3.63, 3.8) is 0 Å². The second kappa shape index (κ2) is 6.96. The zero-order chi connectivity index (χ0) is 14.4. The fraction of sp³-hybridized carbons (Fsp3) is 0.188. The van der Waals surface area contributed by atoms with E-state index in [1.807, 2.05) is 62.4 Å². The molecule has 0 aliphatic heterocycles. The van der Waals surface area contributed by atoms with E-state index in [4.69, 9.17) is 16.3 Å². The normalized spacial score (nSPS) is 11.0. The van der Waals surface area contributed by atoms with Crippen LogP contribution in [0, 0.1) is 0 Å². The van der Waals surface area contributed by atoms with Gasteiger partial charge in [0.1, 0.15) is 5.75 Å². The van der Waals surface area contributed by atoms with Crippen molar-refractivity contribution in [1.82, 2.24) is 0 Å². The third kappa shape index (κ3) is 4.28. The third-order valence-electron chi connectivity index (χ3n) is 2.50. The minimum atomic E-state index is 0.103. The first-order valence-electron chi connectivity index (χ1n) is 6.45. The molecular weight excluding hydrogens is 272 g/mol. The smallest absolute Gasteiger partial charge is 0.138 e. The van der Waals surface area contributed by atoms with Crippen molar-refractivity contribution >= 4 is 23.5 Å². The SMILES string of the molecule is CC(C)Oc1ccc(/C=N/Nc2ccccc2)cc1Cl. The van der Waals surface area contributed by atoms with Gasteiger partial charge in [-0.1, -0.05) is 29.8 Å².